The van der Waals surface area contributed by atoms with Gasteiger partial charge in [-0.15, -0.1) is 0 Å². The van der Waals surface area contributed by atoms with E-state index in [-0.39, 0.29) is 24.0 Å². The minimum atomic E-state index is -0.879. The van der Waals surface area contributed by atoms with Crippen molar-refractivity contribution in [1.29, 1.82) is 0 Å². The van der Waals surface area contributed by atoms with Crippen LogP contribution >= 0.6 is 11.6 Å². The van der Waals surface area contributed by atoms with Crippen LogP contribution in [0, 0.1) is 5.82 Å². The molecule has 3 aromatic rings. The van der Waals surface area contributed by atoms with Gasteiger partial charge in [0, 0.05) is 12.8 Å². The highest BCUT2D eigenvalue weighted by Gasteiger charge is 2.37. The SMILES string of the molecule is COCc1nn2c(c1-c1ccc(OC)c(OC)c1)NC(=O)C2CC(=O)Nc1ccc(F)c(Cl)c1. The zero-order chi connectivity index (χ0) is 24.4. The second-order valence-electron chi connectivity index (χ2n) is 7.50. The maximum absolute atomic E-state index is 13.4. The fourth-order valence-corrected chi connectivity index (χ4v) is 3.99. The highest BCUT2D eigenvalue weighted by atomic mass is 35.5. The van der Waals surface area contributed by atoms with Crippen LogP contribution in [0.25, 0.3) is 11.1 Å². The van der Waals surface area contributed by atoms with Crippen LogP contribution in [0.4, 0.5) is 15.9 Å². The van der Waals surface area contributed by atoms with Crippen molar-refractivity contribution in [3.05, 3.63) is 52.9 Å². The van der Waals surface area contributed by atoms with Crippen LogP contribution < -0.4 is 20.1 Å². The molecular weight excluding hydrogens is 467 g/mol. The molecule has 0 bridgehead atoms. The Hall–Kier alpha value is -3.63. The number of ether oxygens (including phenoxy) is 3. The molecule has 11 heteroatoms. The van der Waals surface area contributed by atoms with Crippen molar-refractivity contribution in [1.82, 2.24) is 9.78 Å². The van der Waals surface area contributed by atoms with Crippen LogP contribution in [0.15, 0.2) is 36.4 Å². The first-order valence-electron chi connectivity index (χ1n) is 10.2. The first kappa shape index (κ1) is 23.5. The second kappa shape index (κ2) is 9.70. The van der Waals surface area contributed by atoms with Crippen LogP contribution in [-0.4, -0.2) is 42.9 Å². The molecule has 2 aromatic carbocycles. The van der Waals surface area contributed by atoms with Gasteiger partial charge in [0.1, 0.15) is 17.7 Å². The van der Waals surface area contributed by atoms with E-state index >= 15 is 0 Å². The molecule has 1 aliphatic heterocycles. The van der Waals surface area contributed by atoms with E-state index in [2.05, 4.69) is 15.7 Å². The van der Waals surface area contributed by atoms with Gasteiger partial charge in [-0.2, -0.15) is 5.10 Å². The molecule has 9 nitrogen and oxygen atoms in total. The van der Waals surface area contributed by atoms with Crippen molar-refractivity contribution < 1.29 is 28.2 Å². The first-order chi connectivity index (χ1) is 16.4. The Kier molecular flexibility index (Phi) is 6.71. The van der Waals surface area contributed by atoms with Crippen molar-refractivity contribution in [3.8, 4) is 22.6 Å². The lowest BCUT2D eigenvalue weighted by Gasteiger charge is -2.11. The van der Waals surface area contributed by atoms with E-state index in [1.165, 1.54) is 23.9 Å². The molecule has 0 radical (unpaired) electrons. The van der Waals surface area contributed by atoms with Crippen LogP contribution in [0.1, 0.15) is 18.2 Å². The molecule has 0 saturated carbocycles. The van der Waals surface area contributed by atoms with E-state index in [9.17, 15) is 14.0 Å². The summed E-state index contributed by atoms with van der Waals surface area (Å²) in [7, 11) is 4.62. The molecule has 0 aliphatic carbocycles. The van der Waals surface area contributed by atoms with Crippen molar-refractivity contribution in [2.75, 3.05) is 32.0 Å². The quantitative estimate of drug-likeness (QED) is 0.496. The molecule has 34 heavy (non-hydrogen) atoms. The molecule has 1 aromatic heterocycles. The number of nitrogens with zero attached hydrogens (tertiary/aromatic N) is 2. The van der Waals surface area contributed by atoms with Crippen molar-refractivity contribution >= 4 is 34.9 Å². The molecule has 2 heterocycles. The second-order valence-corrected chi connectivity index (χ2v) is 7.91. The number of halogens is 2. The minimum Gasteiger partial charge on any atom is -0.493 e. The molecule has 1 unspecified atom stereocenters. The van der Waals surface area contributed by atoms with Gasteiger partial charge >= 0.3 is 0 Å². The van der Waals surface area contributed by atoms with E-state index in [0.717, 1.165) is 11.6 Å². The summed E-state index contributed by atoms with van der Waals surface area (Å²) in [5.74, 6) is 0.105. The Morgan fingerprint density at radius 2 is 1.94 bits per heavy atom. The third kappa shape index (κ3) is 4.42. The predicted molar refractivity (Wildman–Crippen MR) is 124 cm³/mol. The average molecular weight is 489 g/mol. The largest absolute Gasteiger partial charge is 0.493 e. The Bertz CT molecular complexity index is 1260. The van der Waals surface area contributed by atoms with E-state index in [0.29, 0.717) is 34.3 Å². The fraction of sp³-hybridized carbons (Fsp3) is 0.261. The normalized spacial score (nSPS) is 14.5. The summed E-state index contributed by atoms with van der Waals surface area (Å²) in [6, 6.07) is 8.31. The van der Waals surface area contributed by atoms with E-state index in [1.807, 2.05) is 6.07 Å². The Morgan fingerprint density at radius 3 is 2.62 bits per heavy atom. The maximum Gasteiger partial charge on any atom is 0.251 e. The number of hydrogen-bond acceptors (Lipinski definition) is 6. The topological polar surface area (TPSA) is 104 Å². The van der Waals surface area contributed by atoms with Gasteiger partial charge < -0.3 is 24.8 Å². The highest BCUT2D eigenvalue weighted by molar-refractivity contribution is 6.31. The van der Waals surface area contributed by atoms with E-state index in [4.69, 9.17) is 25.8 Å². The summed E-state index contributed by atoms with van der Waals surface area (Å²) >= 11 is 5.77. The number of carbonyl (C=O) groups excluding carboxylic acids is 2. The zero-order valence-electron chi connectivity index (χ0n) is 18.6. The predicted octanol–water partition coefficient (Wildman–Crippen LogP) is 4.03. The van der Waals surface area contributed by atoms with E-state index < -0.39 is 17.8 Å². The molecule has 4 rings (SSSR count). The van der Waals surface area contributed by atoms with Gasteiger partial charge in [-0.25, -0.2) is 9.07 Å². The highest BCUT2D eigenvalue weighted by Crippen LogP contribution is 2.41. The average Bonchev–Trinajstić information content (AvgIpc) is 3.30. The molecule has 2 N–H and O–H groups in total. The lowest BCUT2D eigenvalue weighted by atomic mass is 10.0. The van der Waals surface area contributed by atoms with Crippen LogP contribution in [0.5, 0.6) is 11.5 Å². The summed E-state index contributed by atoms with van der Waals surface area (Å²) in [6.45, 7) is 0.187. The lowest BCUT2D eigenvalue weighted by Crippen LogP contribution is -2.24. The van der Waals surface area contributed by atoms with Crippen LogP contribution in [0.3, 0.4) is 0 Å². The number of nitrogens with one attached hydrogen (secondary N) is 2. The van der Waals surface area contributed by atoms with Crippen molar-refractivity contribution in [2.24, 2.45) is 0 Å². The molecule has 178 valence electrons. The van der Waals surface area contributed by atoms with Gasteiger partial charge in [0.15, 0.2) is 11.5 Å². The van der Waals surface area contributed by atoms with Gasteiger partial charge in [-0.05, 0) is 35.9 Å². The number of methoxy groups -OCH3 is 3. The zero-order valence-corrected chi connectivity index (χ0v) is 19.4. The Labute approximate surface area is 199 Å². The van der Waals surface area contributed by atoms with Gasteiger partial charge in [0.05, 0.1) is 43.5 Å². The molecule has 1 atom stereocenters. The standard InChI is InChI=1S/C23H22ClFN4O5/c1-32-11-16-21(12-4-7-18(33-2)19(8-12)34-3)22-27-23(31)17(29(22)28-16)10-20(30)26-13-5-6-15(25)14(24)9-13/h4-9,17H,10-11H2,1-3H3,(H,26,30)(H,27,31). The number of aromatic nitrogens is 2. The van der Waals surface area contributed by atoms with Gasteiger partial charge in [-0.3, -0.25) is 9.59 Å². The number of carbonyl (C=O) groups is 2. The number of fused-ring (bicyclic) bond motifs is 1. The smallest absolute Gasteiger partial charge is 0.251 e. The number of anilines is 2. The van der Waals surface area contributed by atoms with Gasteiger partial charge in [0.2, 0.25) is 5.91 Å². The summed E-state index contributed by atoms with van der Waals surface area (Å²) in [5.41, 5.74) is 2.30. The number of rotatable bonds is 8. The van der Waals surface area contributed by atoms with Crippen LogP contribution in [-0.2, 0) is 20.9 Å². The summed E-state index contributed by atoms with van der Waals surface area (Å²) in [4.78, 5) is 25.4. The first-order valence-corrected chi connectivity index (χ1v) is 10.6. The molecule has 0 saturated heterocycles. The molecular formula is C23H22ClFN4O5. The summed E-state index contributed by atoms with van der Waals surface area (Å²) < 4.78 is 30.9. The third-order valence-electron chi connectivity index (χ3n) is 5.36. The fourth-order valence-electron chi connectivity index (χ4n) is 3.81. The van der Waals surface area contributed by atoms with Gasteiger partial charge in [0.25, 0.3) is 5.91 Å². The lowest BCUT2D eigenvalue weighted by molar-refractivity contribution is -0.123. The number of benzene rings is 2. The van der Waals surface area contributed by atoms with E-state index in [1.54, 1.807) is 26.4 Å². The third-order valence-corrected chi connectivity index (χ3v) is 5.65. The van der Waals surface area contributed by atoms with Crippen molar-refractivity contribution in [3.63, 3.8) is 0 Å². The summed E-state index contributed by atoms with van der Waals surface area (Å²) in [5, 5.41) is 9.90. The number of amides is 2. The maximum atomic E-state index is 13.4. The molecule has 2 amide bonds. The monoisotopic (exact) mass is 488 g/mol. The van der Waals surface area contributed by atoms with Crippen LogP contribution in [0.2, 0.25) is 5.02 Å². The summed E-state index contributed by atoms with van der Waals surface area (Å²) in [6.07, 6.45) is -0.187. The molecule has 1 aliphatic rings. The molecule has 0 spiro atoms. The van der Waals surface area contributed by atoms with Crippen molar-refractivity contribution in [2.45, 2.75) is 19.1 Å². The van der Waals surface area contributed by atoms with Gasteiger partial charge in [-0.1, -0.05) is 17.7 Å². The Morgan fingerprint density at radius 1 is 1.18 bits per heavy atom. The minimum absolute atomic E-state index is 0.116. The number of hydrogen-bond donors (Lipinski definition) is 2. The molecule has 0 fully saturated rings. The Balaban J connectivity index is 1.65.